The number of amides is 1. The summed E-state index contributed by atoms with van der Waals surface area (Å²) in [6, 6.07) is 9.55. The third-order valence-corrected chi connectivity index (χ3v) is 3.02. The summed E-state index contributed by atoms with van der Waals surface area (Å²) in [5.41, 5.74) is 0.998. The van der Waals surface area contributed by atoms with E-state index in [0.29, 0.717) is 19.4 Å². The highest BCUT2D eigenvalue weighted by Gasteiger charge is 2.12. The number of hydrogen-bond acceptors (Lipinski definition) is 3. The topological polar surface area (TPSA) is 66.8 Å². The van der Waals surface area contributed by atoms with Gasteiger partial charge in [-0.05, 0) is 25.3 Å². The van der Waals surface area contributed by atoms with Crippen LogP contribution in [-0.2, 0) is 21.0 Å². The molecule has 0 aliphatic carbocycles. The second-order valence-corrected chi connectivity index (χ2v) is 4.71. The molecule has 0 aromatic heterocycles. The fraction of sp³-hybridized carbons (Fsp3) is 0.467. The van der Waals surface area contributed by atoms with Crippen LogP contribution in [0.15, 0.2) is 30.3 Å². The van der Waals surface area contributed by atoms with Gasteiger partial charge in [0.1, 0.15) is 6.61 Å². The Kier molecular flexibility index (Phi) is 7.35. The highest BCUT2D eigenvalue weighted by molar-refractivity contribution is 5.66. The van der Waals surface area contributed by atoms with E-state index in [1.165, 1.54) is 5.06 Å². The molecular formula is C15H21NO4. The van der Waals surface area contributed by atoms with Crippen molar-refractivity contribution in [1.82, 2.24) is 5.06 Å². The summed E-state index contributed by atoms with van der Waals surface area (Å²) in [6.07, 6.45) is 2.93. The minimum Gasteiger partial charge on any atom is -0.481 e. The van der Waals surface area contributed by atoms with Crippen LogP contribution in [0.1, 0.15) is 38.2 Å². The average molecular weight is 279 g/mol. The summed E-state index contributed by atoms with van der Waals surface area (Å²) < 4.78 is 0. The quantitative estimate of drug-likeness (QED) is 0.406. The molecule has 1 aromatic carbocycles. The minimum atomic E-state index is -0.787. The number of carboxylic acids is 1. The summed E-state index contributed by atoms with van der Waals surface area (Å²) in [5.74, 6) is -0.787. The van der Waals surface area contributed by atoms with Crippen LogP contribution >= 0.6 is 0 Å². The Morgan fingerprint density at radius 1 is 1.35 bits per heavy atom. The van der Waals surface area contributed by atoms with Crippen molar-refractivity contribution in [2.75, 3.05) is 0 Å². The molecule has 0 aliphatic rings. The molecular weight excluding hydrogens is 258 g/mol. The Morgan fingerprint density at radius 2 is 2.05 bits per heavy atom. The molecule has 0 aliphatic heterocycles. The van der Waals surface area contributed by atoms with Crippen molar-refractivity contribution in [2.24, 2.45) is 0 Å². The Hall–Kier alpha value is -1.88. The first kappa shape index (κ1) is 16.2. The number of carboxylic acid groups (broad SMARTS) is 1. The molecule has 1 rings (SSSR count). The molecule has 0 spiro atoms. The third-order valence-electron chi connectivity index (χ3n) is 3.02. The van der Waals surface area contributed by atoms with Crippen LogP contribution in [0.25, 0.3) is 0 Å². The van der Waals surface area contributed by atoms with Gasteiger partial charge in [-0.3, -0.25) is 14.4 Å². The zero-order valence-electron chi connectivity index (χ0n) is 11.7. The molecule has 1 aromatic rings. The number of benzene rings is 1. The lowest BCUT2D eigenvalue weighted by Gasteiger charge is -2.24. The van der Waals surface area contributed by atoms with Gasteiger partial charge in [0.15, 0.2) is 0 Å². The Morgan fingerprint density at radius 3 is 2.65 bits per heavy atom. The summed E-state index contributed by atoms with van der Waals surface area (Å²) in [4.78, 5) is 26.9. The molecule has 1 atom stereocenters. The number of hydrogen-bond donors (Lipinski definition) is 1. The molecule has 0 radical (unpaired) electrons. The zero-order valence-corrected chi connectivity index (χ0v) is 11.7. The van der Waals surface area contributed by atoms with Gasteiger partial charge in [0.25, 0.3) is 0 Å². The van der Waals surface area contributed by atoms with E-state index in [0.717, 1.165) is 18.4 Å². The second kappa shape index (κ2) is 9.09. The number of hydroxylamine groups is 2. The molecule has 1 N–H and O–H groups in total. The maximum atomic E-state index is 11.0. The monoisotopic (exact) mass is 279 g/mol. The van der Waals surface area contributed by atoms with Crippen molar-refractivity contribution in [3.05, 3.63) is 35.9 Å². The number of aliphatic carboxylic acids is 1. The van der Waals surface area contributed by atoms with E-state index in [4.69, 9.17) is 9.94 Å². The van der Waals surface area contributed by atoms with Crippen molar-refractivity contribution in [3.63, 3.8) is 0 Å². The maximum absolute atomic E-state index is 11.0. The van der Waals surface area contributed by atoms with E-state index < -0.39 is 5.97 Å². The Labute approximate surface area is 119 Å². The van der Waals surface area contributed by atoms with Crippen LogP contribution in [0.4, 0.5) is 0 Å². The number of rotatable bonds is 10. The molecule has 110 valence electrons. The first-order valence-electron chi connectivity index (χ1n) is 6.75. The van der Waals surface area contributed by atoms with Crippen LogP contribution < -0.4 is 0 Å². The van der Waals surface area contributed by atoms with Gasteiger partial charge in [0, 0.05) is 6.42 Å². The number of nitrogens with zero attached hydrogens (tertiary/aromatic N) is 1. The molecule has 5 nitrogen and oxygen atoms in total. The molecule has 0 heterocycles. The van der Waals surface area contributed by atoms with Crippen LogP contribution in [0.2, 0.25) is 0 Å². The predicted octanol–water partition coefficient (Wildman–Crippen LogP) is 2.61. The van der Waals surface area contributed by atoms with Crippen LogP contribution in [0.3, 0.4) is 0 Å². The summed E-state index contributed by atoms with van der Waals surface area (Å²) in [7, 11) is 0. The van der Waals surface area contributed by atoms with E-state index in [2.05, 4.69) is 0 Å². The van der Waals surface area contributed by atoms with Crippen molar-refractivity contribution in [2.45, 2.75) is 45.3 Å². The highest BCUT2D eigenvalue weighted by atomic mass is 16.7. The van der Waals surface area contributed by atoms with Gasteiger partial charge in [-0.25, -0.2) is 5.06 Å². The van der Waals surface area contributed by atoms with Gasteiger partial charge in [0.2, 0.25) is 6.41 Å². The van der Waals surface area contributed by atoms with Crippen LogP contribution in [0, 0.1) is 0 Å². The van der Waals surface area contributed by atoms with E-state index in [-0.39, 0.29) is 12.5 Å². The lowest BCUT2D eigenvalue weighted by Crippen LogP contribution is -2.31. The standard InChI is InChI=1S/C15H21NO4/c1-13(7-5-6-10-15(18)19)16(12-17)20-11-14-8-3-2-4-9-14/h2-4,8-9,12-13H,5-7,10-11H2,1H3,(H,18,19). The lowest BCUT2D eigenvalue weighted by atomic mass is 10.1. The van der Waals surface area contributed by atoms with Gasteiger partial charge >= 0.3 is 5.97 Å². The summed E-state index contributed by atoms with van der Waals surface area (Å²) >= 11 is 0. The van der Waals surface area contributed by atoms with Crippen LogP contribution in [-0.4, -0.2) is 28.6 Å². The van der Waals surface area contributed by atoms with Crippen molar-refractivity contribution in [1.29, 1.82) is 0 Å². The largest absolute Gasteiger partial charge is 0.481 e. The molecule has 5 heteroatoms. The van der Waals surface area contributed by atoms with Crippen molar-refractivity contribution < 1.29 is 19.5 Å². The van der Waals surface area contributed by atoms with E-state index in [1.54, 1.807) is 0 Å². The Balaban J connectivity index is 2.30. The highest BCUT2D eigenvalue weighted by Crippen LogP contribution is 2.11. The van der Waals surface area contributed by atoms with Crippen LogP contribution in [0.5, 0.6) is 0 Å². The lowest BCUT2D eigenvalue weighted by molar-refractivity contribution is -0.191. The van der Waals surface area contributed by atoms with E-state index >= 15 is 0 Å². The zero-order chi connectivity index (χ0) is 14.8. The fourth-order valence-corrected chi connectivity index (χ4v) is 1.83. The molecule has 1 unspecified atom stereocenters. The van der Waals surface area contributed by atoms with Crippen molar-refractivity contribution >= 4 is 12.4 Å². The van der Waals surface area contributed by atoms with Gasteiger partial charge in [-0.2, -0.15) is 0 Å². The number of unbranched alkanes of at least 4 members (excludes halogenated alkanes) is 1. The maximum Gasteiger partial charge on any atom is 0.303 e. The number of carbonyl (C=O) groups excluding carboxylic acids is 1. The van der Waals surface area contributed by atoms with Crippen molar-refractivity contribution in [3.8, 4) is 0 Å². The third kappa shape index (κ3) is 6.33. The van der Waals surface area contributed by atoms with Gasteiger partial charge in [-0.15, -0.1) is 0 Å². The average Bonchev–Trinajstić information content (AvgIpc) is 2.45. The number of carbonyl (C=O) groups is 2. The molecule has 20 heavy (non-hydrogen) atoms. The minimum absolute atomic E-state index is 0.0648. The predicted molar refractivity (Wildman–Crippen MR) is 74.7 cm³/mol. The summed E-state index contributed by atoms with van der Waals surface area (Å²) in [5, 5.41) is 9.85. The molecule has 0 saturated heterocycles. The van der Waals surface area contributed by atoms with E-state index in [1.807, 2.05) is 37.3 Å². The smallest absolute Gasteiger partial charge is 0.303 e. The van der Waals surface area contributed by atoms with Gasteiger partial charge in [0.05, 0.1) is 6.04 Å². The molecule has 0 fully saturated rings. The SMILES string of the molecule is CC(CCCCC(=O)O)N(C=O)OCc1ccccc1. The molecule has 1 amide bonds. The molecule has 0 saturated carbocycles. The molecule has 0 bridgehead atoms. The van der Waals surface area contributed by atoms with Gasteiger partial charge < -0.3 is 5.11 Å². The summed E-state index contributed by atoms with van der Waals surface area (Å²) in [6.45, 7) is 2.24. The first-order chi connectivity index (χ1) is 9.63. The Bertz CT molecular complexity index is 408. The fourth-order valence-electron chi connectivity index (χ4n) is 1.83. The van der Waals surface area contributed by atoms with E-state index in [9.17, 15) is 9.59 Å². The second-order valence-electron chi connectivity index (χ2n) is 4.71. The first-order valence-corrected chi connectivity index (χ1v) is 6.75. The normalized spacial score (nSPS) is 11.8. The van der Waals surface area contributed by atoms with Gasteiger partial charge in [-0.1, -0.05) is 36.8 Å².